The molecule has 3 aromatic rings. The number of ether oxygens (including phenoxy) is 1. The van der Waals surface area contributed by atoms with E-state index >= 15 is 0 Å². The Morgan fingerprint density at radius 1 is 1.33 bits per heavy atom. The van der Waals surface area contributed by atoms with E-state index in [1.807, 2.05) is 6.07 Å². The Hall–Kier alpha value is -2.96. The summed E-state index contributed by atoms with van der Waals surface area (Å²) in [4.78, 5) is 20.3. The molecule has 0 saturated heterocycles. The molecule has 7 heteroatoms. The van der Waals surface area contributed by atoms with Crippen molar-refractivity contribution < 1.29 is 9.26 Å². The molecule has 0 aliphatic carbocycles. The van der Waals surface area contributed by atoms with Crippen molar-refractivity contribution in [2.45, 2.75) is 26.2 Å². The predicted octanol–water partition coefficient (Wildman–Crippen LogP) is 2.97. The lowest BCUT2D eigenvalue weighted by molar-refractivity contribution is 0.375. The maximum atomic E-state index is 12.0. The number of aromatic nitrogens is 4. The molecule has 0 unspecified atom stereocenters. The first kappa shape index (κ1) is 15.9. The van der Waals surface area contributed by atoms with Crippen LogP contribution in [0.1, 0.15) is 25.7 Å². The third kappa shape index (κ3) is 3.51. The summed E-state index contributed by atoms with van der Waals surface area (Å²) < 4.78 is 12.2. The Balaban J connectivity index is 1.82. The first-order valence-electron chi connectivity index (χ1n) is 7.80. The highest BCUT2D eigenvalue weighted by Crippen LogP contribution is 2.24. The molecule has 124 valence electrons. The minimum Gasteiger partial charge on any atom is -0.435 e. The summed E-state index contributed by atoms with van der Waals surface area (Å²) in [6, 6.07) is 7.16. The van der Waals surface area contributed by atoms with Gasteiger partial charge in [-0.25, -0.2) is 4.98 Å². The largest absolute Gasteiger partial charge is 0.435 e. The molecule has 0 atom stereocenters. The van der Waals surface area contributed by atoms with E-state index in [9.17, 15) is 4.79 Å². The Kier molecular flexibility index (Phi) is 4.69. The second-order valence-corrected chi connectivity index (χ2v) is 5.39. The maximum Gasteiger partial charge on any atom is 0.313 e. The number of aryl methyl sites for hydroxylation is 2. The predicted molar refractivity (Wildman–Crippen MR) is 87.9 cm³/mol. The fraction of sp³-hybridized carbons (Fsp3) is 0.294. The van der Waals surface area contributed by atoms with Crippen LogP contribution in [0.4, 0.5) is 0 Å². The van der Waals surface area contributed by atoms with Crippen LogP contribution in [0.25, 0.3) is 11.4 Å². The first-order valence-corrected chi connectivity index (χ1v) is 7.80. The molecule has 0 N–H and O–H groups in total. The van der Waals surface area contributed by atoms with Crippen LogP contribution in [0.2, 0.25) is 0 Å². The molecule has 0 radical (unpaired) electrons. The molecule has 0 saturated carbocycles. The summed E-state index contributed by atoms with van der Waals surface area (Å²) in [5.74, 6) is 1.63. The Labute approximate surface area is 138 Å². The third-order valence-electron chi connectivity index (χ3n) is 3.50. The van der Waals surface area contributed by atoms with Crippen molar-refractivity contribution in [3.63, 3.8) is 0 Å². The maximum absolute atomic E-state index is 12.0. The number of benzene rings is 1. The van der Waals surface area contributed by atoms with Crippen LogP contribution in [0.3, 0.4) is 0 Å². The number of unbranched alkanes of at least 4 members (excludes halogenated alkanes) is 1. The van der Waals surface area contributed by atoms with Gasteiger partial charge in [-0.3, -0.25) is 4.79 Å². The van der Waals surface area contributed by atoms with Crippen molar-refractivity contribution in [2.75, 3.05) is 0 Å². The van der Waals surface area contributed by atoms with Gasteiger partial charge in [0, 0.05) is 31.4 Å². The summed E-state index contributed by atoms with van der Waals surface area (Å²) in [7, 11) is 1.64. The molecule has 0 amide bonds. The number of hydrogen-bond acceptors (Lipinski definition) is 6. The molecular formula is C17H18N4O3. The fourth-order valence-electron chi connectivity index (χ4n) is 2.16. The summed E-state index contributed by atoms with van der Waals surface area (Å²) in [5.41, 5.74) is 0.455. The molecule has 3 rings (SSSR count). The molecule has 0 aliphatic heterocycles. The SMILES string of the molecule is CCCCc1nc(-c2cccc(Oc3nccn(C)c3=O)c2)no1. The van der Waals surface area contributed by atoms with E-state index in [0.29, 0.717) is 17.5 Å². The van der Waals surface area contributed by atoms with Crippen LogP contribution in [0.5, 0.6) is 11.6 Å². The highest BCUT2D eigenvalue weighted by atomic mass is 16.5. The summed E-state index contributed by atoms with van der Waals surface area (Å²) >= 11 is 0. The minimum atomic E-state index is -0.302. The number of nitrogens with zero attached hydrogens (tertiary/aromatic N) is 4. The number of rotatable bonds is 6. The van der Waals surface area contributed by atoms with Crippen molar-refractivity contribution in [1.29, 1.82) is 0 Å². The lowest BCUT2D eigenvalue weighted by Crippen LogP contribution is -2.18. The first-order chi connectivity index (χ1) is 11.7. The Bertz CT molecular complexity index is 885. The highest BCUT2D eigenvalue weighted by molar-refractivity contribution is 5.57. The van der Waals surface area contributed by atoms with Gasteiger partial charge in [0.1, 0.15) is 5.75 Å². The molecule has 1 aromatic carbocycles. The van der Waals surface area contributed by atoms with Gasteiger partial charge in [0.05, 0.1) is 0 Å². The van der Waals surface area contributed by atoms with Crippen molar-refractivity contribution >= 4 is 0 Å². The lowest BCUT2D eigenvalue weighted by Gasteiger charge is -2.05. The van der Waals surface area contributed by atoms with Crippen LogP contribution in [0.15, 0.2) is 46.0 Å². The summed E-state index contributed by atoms with van der Waals surface area (Å²) in [6.45, 7) is 2.11. The Morgan fingerprint density at radius 2 is 2.21 bits per heavy atom. The van der Waals surface area contributed by atoms with Gasteiger partial charge in [-0.2, -0.15) is 4.98 Å². The molecule has 0 fully saturated rings. The zero-order valence-corrected chi connectivity index (χ0v) is 13.6. The van der Waals surface area contributed by atoms with E-state index in [2.05, 4.69) is 22.0 Å². The lowest BCUT2D eigenvalue weighted by atomic mass is 10.2. The van der Waals surface area contributed by atoms with Crippen LogP contribution in [-0.2, 0) is 13.5 Å². The van der Waals surface area contributed by atoms with Gasteiger partial charge in [-0.15, -0.1) is 0 Å². The van der Waals surface area contributed by atoms with Crippen molar-refractivity contribution in [3.8, 4) is 23.0 Å². The van der Waals surface area contributed by atoms with Crippen LogP contribution < -0.4 is 10.3 Å². The standard InChI is InChI=1S/C17H18N4O3/c1-3-4-8-14-19-15(20-24-14)12-6-5-7-13(11-12)23-16-17(22)21(2)10-9-18-16/h5-7,9-11H,3-4,8H2,1-2H3. The van der Waals surface area contributed by atoms with Gasteiger partial charge in [0.15, 0.2) is 0 Å². The Morgan fingerprint density at radius 3 is 3.04 bits per heavy atom. The van der Waals surface area contributed by atoms with Gasteiger partial charge in [-0.05, 0) is 18.6 Å². The number of hydrogen-bond donors (Lipinski definition) is 0. The quantitative estimate of drug-likeness (QED) is 0.692. The molecule has 2 heterocycles. The topological polar surface area (TPSA) is 83.0 Å². The smallest absolute Gasteiger partial charge is 0.313 e. The molecule has 7 nitrogen and oxygen atoms in total. The van der Waals surface area contributed by atoms with Crippen LogP contribution >= 0.6 is 0 Å². The van der Waals surface area contributed by atoms with E-state index in [1.54, 1.807) is 31.4 Å². The fourth-order valence-corrected chi connectivity index (χ4v) is 2.16. The normalized spacial score (nSPS) is 10.8. The van der Waals surface area contributed by atoms with Crippen molar-refractivity contribution in [1.82, 2.24) is 19.7 Å². The van der Waals surface area contributed by atoms with Gasteiger partial charge in [-0.1, -0.05) is 30.6 Å². The average Bonchev–Trinajstić information content (AvgIpc) is 3.06. The van der Waals surface area contributed by atoms with E-state index in [0.717, 1.165) is 24.8 Å². The minimum absolute atomic E-state index is 0.0221. The summed E-state index contributed by atoms with van der Waals surface area (Å²) in [5, 5.41) is 4.00. The molecule has 24 heavy (non-hydrogen) atoms. The zero-order chi connectivity index (χ0) is 16.9. The van der Waals surface area contributed by atoms with Gasteiger partial charge >= 0.3 is 5.56 Å². The summed E-state index contributed by atoms with van der Waals surface area (Å²) in [6.07, 6.45) is 5.93. The molecule has 2 aromatic heterocycles. The molecular weight excluding hydrogens is 308 g/mol. The second-order valence-electron chi connectivity index (χ2n) is 5.39. The van der Waals surface area contributed by atoms with Crippen molar-refractivity contribution in [2.24, 2.45) is 7.05 Å². The average molecular weight is 326 g/mol. The van der Waals surface area contributed by atoms with Crippen molar-refractivity contribution in [3.05, 3.63) is 52.9 Å². The third-order valence-corrected chi connectivity index (χ3v) is 3.50. The van der Waals surface area contributed by atoms with E-state index < -0.39 is 0 Å². The monoisotopic (exact) mass is 326 g/mol. The van der Waals surface area contributed by atoms with E-state index in [1.165, 1.54) is 10.8 Å². The van der Waals surface area contributed by atoms with Gasteiger partial charge in [0.2, 0.25) is 11.7 Å². The van der Waals surface area contributed by atoms with Gasteiger partial charge < -0.3 is 13.8 Å². The highest BCUT2D eigenvalue weighted by Gasteiger charge is 2.11. The second kappa shape index (κ2) is 7.08. The molecule has 0 spiro atoms. The van der Waals surface area contributed by atoms with E-state index in [-0.39, 0.29) is 11.4 Å². The zero-order valence-electron chi connectivity index (χ0n) is 13.6. The van der Waals surface area contributed by atoms with Crippen LogP contribution in [-0.4, -0.2) is 19.7 Å². The van der Waals surface area contributed by atoms with Crippen LogP contribution in [0, 0.1) is 0 Å². The molecule has 0 bridgehead atoms. The molecule has 0 aliphatic rings. The van der Waals surface area contributed by atoms with E-state index in [4.69, 9.17) is 9.26 Å². The van der Waals surface area contributed by atoms with Gasteiger partial charge in [0.25, 0.3) is 5.88 Å².